The third kappa shape index (κ3) is 10.9. The smallest absolute Gasteiger partial charge is 0.329 e. The Balaban J connectivity index is 1.53. The van der Waals surface area contributed by atoms with Gasteiger partial charge in [0.15, 0.2) is 6.79 Å². The Kier molecular flexibility index (Phi) is 12.5. The summed E-state index contributed by atoms with van der Waals surface area (Å²) in [6.45, 7) is 4.77. The lowest BCUT2D eigenvalue weighted by molar-refractivity contribution is -0.159. The van der Waals surface area contributed by atoms with E-state index in [-0.39, 0.29) is 18.7 Å². The van der Waals surface area contributed by atoms with E-state index in [2.05, 4.69) is 5.32 Å². The monoisotopic (exact) mass is 662 g/mol. The second kappa shape index (κ2) is 16.5. The van der Waals surface area contributed by atoms with Crippen LogP contribution in [0.5, 0.6) is 0 Å². The fraction of sp³-hybridized carbons (Fsp3) is 0.389. The van der Waals surface area contributed by atoms with E-state index in [1.54, 1.807) is 51.1 Å². The summed E-state index contributed by atoms with van der Waals surface area (Å²) >= 11 is 0. The van der Waals surface area contributed by atoms with Crippen molar-refractivity contribution < 1.29 is 37.7 Å². The van der Waals surface area contributed by atoms with Gasteiger partial charge in [0.2, 0.25) is 13.3 Å². The Labute approximate surface area is 276 Å². The molecule has 0 aromatic heterocycles. The number of ether oxygens (including phenoxy) is 2. The van der Waals surface area contributed by atoms with Crippen molar-refractivity contribution in [3.63, 3.8) is 0 Å². The van der Waals surface area contributed by atoms with Crippen molar-refractivity contribution in [2.45, 2.75) is 58.7 Å². The Morgan fingerprint density at radius 1 is 0.872 bits per heavy atom. The average molecular weight is 663 g/mol. The van der Waals surface area contributed by atoms with Gasteiger partial charge in [-0.3, -0.25) is 23.5 Å². The van der Waals surface area contributed by atoms with Crippen molar-refractivity contribution >= 4 is 31.1 Å². The van der Waals surface area contributed by atoms with E-state index in [0.717, 1.165) is 11.1 Å². The fourth-order valence-corrected chi connectivity index (χ4v) is 7.30. The molecule has 0 saturated carbocycles. The minimum Gasteiger partial charge on any atom is -0.459 e. The minimum absolute atomic E-state index is 0.0707. The lowest BCUT2D eigenvalue weighted by Gasteiger charge is -2.28. The van der Waals surface area contributed by atoms with Crippen LogP contribution in [0.25, 0.3) is 0 Å². The Morgan fingerprint density at radius 3 is 2.09 bits per heavy atom. The van der Waals surface area contributed by atoms with Crippen LogP contribution in [-0.2, 0) is 46.0 Å². The molecule has 2 amide bonds. The minimum atomic E-state index is -3.93. The molecule has 0 spiro atoms. The predicted molar refractivity (Wildman–Crippen MR) is 178 cm³/mol. The molecule has 1 heterocycles. The van der Waals surface area contributed by atoms with Crippen LogP contribution in [0.2, 0.25) is 0 Å². The summed E-state index contributed by atoms with van der Waals surface area (Å²) in [6.07, 6.45) is 0.540. The molecule has 3 aromatic carbocycles. The van der Waals surface area contributed by atoms with E-state index in [1.165, 1.54) is 4.90 Å². The zero-order valence-corrected chi connectivity index (χ0v) is 28.0. The number of amides is 2. The molecular weight excluding hydrogens is 619 g/mol. The van der Waals surface area contributed by atoms with Gasteiger partial charge in [0, 0.05) is 24.3 Å². The lowest BCUT2D eigenvalue weighted by atomic mass is 9.98. The second-order valence-corrected chi connectivity index (χ2v) is 15.2. The Bertz CT molecular complexity index is 1540. The molecule has 3 atom stereocenters. The van der Waals surface area contributed by atoms with Gasteiger partial charge in [-0.2, -0.15) is 0 Å². The highest BCUT2D eigenvalue weighted by Crippen LogP contribution is 2.48. The van der Waals surface area contributed by atoms with E-state index < -0.39 is 55.7 Å². The molecule has 1 aliphatic rings. The molecule has 1 aliphatic heterocycles. The standard InChI is InChI=1S/C36H43N2O8P/c1-36(2,3)35(42)45-26-46-47(43,24-30(22-27-14-7-4-8-15-27)37-33(40)29-18-11-6-12-19-29)25-32(39)38-21-13-20-31(38)34(41)44-23-28-16-9-5-10-17-28/h4-12,14-19,30-31H,13,20-26H2,1-3H3,(H,37,40)/t30?,31-,47?/m0/s1. The number of nitrogens with zero attached hydrogens (tertiary/aromatic N) is 1. The molecule has 0 aliphatic carbocycles. The van der Waals surface area contributed by atoms with E-state index in [1.807, 2.05) is 60.7 Å². The molecule has 47 heavy (non-hydrogen) atoms. The van der Waals surface area contributed by atoms with Crippen LogP contribution in [0.4, 0.5) is 0 Å². The fourth-order valence-electron chi connectivity index (χ4n) is 5.24. The summed E-state index contributed by atoms with van der Waals surface area (Å²) in [4.78, 5) is 53.9. The molecule has 2 unspecified atom stereocenters. The van der Waals surface area contributed by atoms with E-state index in [0.29, 0.717) is 31.4 Å². The van der Waals surface area contributed by atoms with Gasteiger partial charge >= 0.3 is 11.9 Å². The number of esters is 2. The molecule has 11 heteroatoms. The first-order valence-electron chi connectivity index (χ1n) is 15.7. The molecule has 10 nitrogen and oxygen atoms in total. The Morgan fingerprint density at radius 2 is 1.47 bits per heavy atom. The maximum atomic E-state index is 14.6. The molecule has 250 valence electrons. The first-order chi connectivity index (χ1) is 22.4. The number of carbonyl (C=O) groups excluding carboxylic acids is 4. The van der Waals surface area contributed by atoms with Gasteiger partial charge in [0.05, 0.1) is 5.41 Å². The quantitative estimate of drug-likeness (QED) is 0.134. The van der Waals surface area contributed by atoms with E-state index in [4.69, 9.17) is 14.0 Å². The van der Waals surface area contributed by atoms with Crippen molar-refractivity contribution in [3.8, 4) is 0 Å². The van der Waals surface area contributed by atoms with Gasteiger partial charge in [-0.15, -0.1) is 0 Å². The van der Waals surface area contributed by atoms with Crippen molar-refractivity contribution in [3.05, 3.63) is 108 Å². The van der Waals surface area contributed by atoms with Gasteiger partial charge in [-0.05, 0) is 63.3 Å². The van der Waals surface area contributed by atoms with Gasteiger partial charge in [0.25, 0.3) is 5.91 Å². The molecule has 1 saturated heterocycles. The molecule has 1 N–H and O–H groups in total. The van der Waals surface area contributed by atoms with Crippen LogP contribution in [0.15, 0.2) is 91.0 Å². The normalized spacial score (nSPS) is 16.5. The number of nitrogens with one attached hydrogen (secondary N) is 1. The summed E-state index contributed by atoms with van der Waals surface area (Å²) in [5.41, 5.74) is 1.29. The predicted octanol–water partition coefficient (Wildman–Crippen LogP) is 5.60. The number of hydrogen-bond donors (Lipinski definition) is 1. The first-order valence-corrected chi connectivity index (χ1v) is 17.7. The van der Waals surface area contributed by atoms with Gasteiger partial charge in [-0.1, -0.05) is 78.9 Å². The SMILES string of the molecule is CC(C)(C)C(=O)OCOP(=O)(CC(=O)N1CCC[C@H]1C(=O)OCc1ccccc1)CC(Cc1ccccc1)NC(=O)c1ccccc1. The van der Waals surface area contributed by atoms with Crippen molar-refractivity contribution in [1.29, 1.82) is 0 Å². The van der Waals surface area contributed by atoms with E-state index in [9.17, 15) is 23.7 Å². The highest BCUT2D eigenvalue weighted by Gasteiger charge is 2.40. The van der Waals surface area contributed by atoms with Crippen LogP contribution in [0, 0.1) is 5.41 Å². The summed E-state index contributed by atoms with van der Waals surface area (Å²) < 4.78 is 31.2. The van der Waals surface area contributed by atoms with E-state index >= 15 is 0 Å². The van der Waals surface area contributed by atoms with Crippen LogP contribution in [0.3, 0.4) is 0 Å². The molecular formula is C36H43N2O8P. The highest BCUT2D eigenvalue weighted by molar-refractivity contribution is 7.60. The topological polar surface area (TPSA) is 128 Å². The maximum absolute atomic E-state index is 14.6. The zero-order valence-electron chi connectivity index (χ0n) is 27.1. The van der Waals surface area contributed by atoms with Crippen LogP contribution in [0.1, 0.15) is 55.1 Å². The summed E-state index contributed by atoms with van der Waals surface area (Å²) in [6, 6.07) is 25.7. The number of carbonyl (C=O) groups is 4. The number of benzene rings is 3. The average Bonchev–Trinajstić information content (AvgIpc) is 3.55. The van der Waals surface area contributed by atoms with Gasteiger partial charge < -0.3 is 19.7 Å². The van der Waals surface area contributed by atoms with Gasteiger partial charge in [0.1, 0.15) is 18.8 Å². The second-order valence-electron chi connectivity index (χ2n) is 12.6. The summed E-state index contributed by atoms with van der Waals surface area (Å²) in [5, 5.41) is 2.97. The van der Waals surface area contributed by atoms with Crippen molar-refractivity contribution in [1.82, 2.24) is 10.2 Å². The third-order valence-corrected chi connectivity index (χ3v) is 10.1. The number of likely N-dealkylation sites (tertiary alicyclic amines) is 1. The summed E-state index contributed by atoms with van der Waals surface area (Å²) in [7, 11) is -3.93. The molecule has 3 aromatic rings. The largest absolute Gasteiger partial charge is 0.459 e. The third-order valence-electron chi connectivity index (χ3n) is 7.73. The molecule has 4 rings (SSSR count). The zero-order chi connectivity index (χ0) is 33.9. The molecule has 0 radical (unpaired) electrons. The molecule has 0 bridgehead atoms. The van der Waals surface area contributed by atoms with Crippen molar-refractivity contribution in [2.24, 2.45) is 5.41 Å². The lowest BCUT2D eigenvalue weighted by Crippen LogP contribution is -2.44. The first kappa shape index (κ1) is 35.6. The van der Waals surface area contributed by atoms with Crippen molar-refractivity contribution in [2.75, 3.05) is 25.7 Å². The maximum Gasteiger partial charge on any atom is 0.329 e. The molecule has 1 fully saturated rings. The number of hydrogen-bond acceptors (Lipinski definition) is 8. The van der Waals surface area contributed by atoms with Crippen LogP contribution < -0.4 is 5.32 Å². The highest BCUT2D eigenvalue weighted by atomic mass is 31.2. The van der Waals surface area contributed by atoms with Crippen LogP contribution in [-0.4, -0.2) is 66.4 Å². The summed E-state index contributed by atoms with van der Waals surface area (Å²) in [5.74, 6) is -2.01. The Hall–Kier alpha value is -4.27. The van der Waals surface area contributed by atoms with Gasteiger partial charge in [-0.25, -0.2) is 4.79 Å². The van der Waals surface area contributed by atoms with Crippen LogP contribution >= 0.6 is 7.37 Å². The number of rotatable bonds is 14.